The fourth-order valence-electron chi connectivity index (χ4n) is 1.70. The molecule has 1 aromatic heterocycles. The van der Waals surface area contributed by atoms with E-state index in [2.05, 4.69) is 24.7 Å². The van der Waals surface area contributed by atoms with E-state index in [9.17, 15) is 10.1 Å². The molecule has 0 radical (unpaired) electrons. The van der Waals surface area contributed by atoms with Crippen LogP contribution in [0.2, 0.25) is 0 Å². The molecule has 90 valence electrons. The van der Waals surface area contributed by atoms with Crippen LogP contribution in [0.5, 0.6) is 0 Å². The molecule has 1 atom stereocenters. The Morgan fingerprint density at radius 2 is 2.38 bits per heavy atom. The molecule has 0 spiro atoms. The van der Waals surface area contributed by atoms with Crippen molar-refractivity contribution in [1.82, 2.24) is 9.78 Å². The predicted octanol–water partition coefficient (Wildman–Crippen LogP) is 2.45. The van der Waals surface area contributed by atoms with Crippen molar-refractivity contribution >= 4 is 18.4 Å². The third kappa shape index (κ3) is 3.23. The molecule has 6 heteroatoms. The number of nitro groups is 1. The summed E-state index contributed by atoms with van der Waals surface area (Å²) < 4.78 is 1.66. The van der Waals surface area contributed by atoms with E-state index in [0.29, 0.717) is 18.0 Å². The number of nitrogens with zero attached hydrogens (tertiary/aromatic N) is 3. The number of thiol groups is 1. The summed E-state index contributed by atoms with van der Waals surface area (Å²) >= 11 is 4.28. The van der Waals surface area contributed by atoms with E-state index in [1.165, 1.54) is 0 Å². The number of aromatic nitrogens is 2. The Morgan fingerprint density at radius 3 is 2.81 bits per heavy atom. The first-order valence-electron chi connectivity index (χ1n) is 5.37. The smallest absolute Gasteiger partial charge is 0.358 e. The van der Waals surface area contributed by atoms with Gasteiger partial charge in [-0.25, -0.2) is 0 Å². The standard InChI is InChI=1S/C10H17N3O2S/c1-3-4-9(7-16)6-12-5-8(2)10(11-12)13(14)15/h5,9,16H,3-4,6-7H2,1-2H3. The van der Waals surface area contributed by atoms with Gasteiger partial charge in [0.05, 0.1) is 23.4 Å². The molecule has 1 heterocycles. The molecule has 0 N–H and O–H groups in total. The van der Waals surface area contributed by atoms with Crippen LogP contribution in [0, 0.1) is 23.0 Å². The van der Waals surface area contributed by atoms with Gasteiger partial charge < -0.3 is 10.1 Å². The quantitative estimate of drug-likeness (QED) is 0.474. The molecule has 0 aliphatic carbocycles. The summed E-state index contributed by atoms with van der Waals surface area (Å²) in [5.74, 6) is 1.15. The average Bonchev–Trinajstić information content (AvgIpc) is 2.59. The van der Waals surface area contributed by atoms with Gasteiger partial charge in [-0.3, -0.25) is 0 Å². The van der Waals surface area contributed by atoms with Crippen LogP contribution >= 0.6 is 12.6 Å². The predicted molar refractivity (Wildman–Crippen MR) is 65.9 cm³/mol. The first kappa shape index (κ1) is 13.0. The minimum Gasteiger partial charge on any atom is -0.358 e. The van der Waals surface area contributed by atoms with Gasteiger partial charge in [-0.2, -0.15) is 17.3 Å². The average molecular weight is 243 g/mol. The van der Waals surface area contributed by atoms with Crippen LogP contribution in [-0.2, 0) is 6.54 Å². The van der Waals surface area contributed by atoms with Gasteiger partial charge in [0, 0.05) is 0 Å². The maximum atomic E-state index is 10.6. The lowest BCUT2D eigenvalue weighted by atomic mass is 10.1. The van der Waals surface area contributed by atoms with Crippen LogP contribution in [0.25, 0.3) is 0 Å². The molecular formula is C10H17N3O2S. The molecule has 1 unspecified atom stereocenters. The van der Waals surface area contributed by atoms with Crippen molar-refractivity contribution in [2.75, 3.05) is 5.75 Å². The molecule has 0 saturated carbocycles. The van der Waals surface area contributed by atoms with Gasteiger partial charge in [0.1, 0.15) is 0 Å². The van der Waals surface area contributed by atoms with Crippen molar-refractivity contribution in [3.63, 3.8) is 0 Å². The third-order valence-electron chi connectivity index (χ3n) is 2.49. The lowest BCUT2D eigenvalue weighted by Crippen LogP contribution is -2.12. The topological polar surface area (TPSA) is 61.0 Å². The summed E-state index contributed by atoms with van der Waals surface area (Å²) in [6.07, 6.45) is 3.88. The van der Waals surface area contributed by atoms with E-state index in [-0.39, 0.29) is 5.82 Å². The molecule has 0 fully saturated rings. The summed E-state index contributed by atoms with van der Waals surface area (Å²) in [4.78, 5) is 10.2. The van der Waals surface area contributed by atoms with Crippen molar-refractivity contribution in [1.29, 1.82) is 0 Å². The van der Waals surface area contributed by atoms with Crippen LogP contribution in [0.3, 0.4) is 0 Å². The van der Waals surface area contributed by atoms with Gasteiger partial charge in [0.25, 0.3) is 0 Å². The number of hydrogen-bond acceptors (Lipinski definition) is 4. The minimum absolute atomic E-state index is 0.0468. The Labute approximate surface area is 100 Å². The lowest BCUT2D eigenvalue weighted by Gasteiger charge is -2.10. The second-order valence-electron chi connectivity index (χ2n) is 3.95. The largest absolute Gasteiger partial charge is 0.392 e. The molecule has 0 aromatic carbocycles. The van der Waals surface area contributed by atoms with Crippen molar-refractivity contribution < 1.29 is 4.92 Å². The summed E-state index contributed by atoms with van der Waals surface area (Å²) in [6, 6.07) is 0. The normalized spacial score (nSPS) is 12.7. The van der Waals surface area contributed by atoms with Crippen LogP contribution in [0.1, 0.15) is 25.3 Å². The van der Waals surface area contributed by atoms with Gasteiger partial charge in [0.15, 0.2) is 0 Å². The highest BCUT2D eigenvalue weighted by molar-refractivity contribution is 7.80. The van der Waals surface area contributed by atoms with E-state index < -0.39 is 4.92 Å². The highest BCUT2D eigenvalue weighted by atomic mass is 32.1. The molecule has 1 rings (SSSR count). The first-order valence-corrected chi connectivity index (χ1v) is 6.01. The van der Waals surface area contributed by atoms with E-state index in [1.807, 2.05) is 0 Å². The van der Waals surface area contributed by atoms with Gasteiger partial charge in [-0.05, 0) is 29.9 Å². The minimum atomic E-state index is -0.443. The zero-order chi connectivity index (χ0) is 12.1. The molecule has 0 aliphatic rings. The molecule has 0 saturated heterocycles. The fourth-order valence-corrected chi connectivity index (χ4v) is 2.00. The number of aryl methyl sites for hydroxylation is 1. The Bertz CT molecular complexity index is 365. The van der Waals surface area contributed by atoms with Crippen molar-refractivity contribution in [3.8, 4) is 0 Å². The number of hydrogen-bond donors (Lipinski definition) is 1. The Kier molecular flexibility index (Phi) is 4.79. The molecule has 5 nitrogen and oxygen atoms in total. The summed E-state index contributed by atoms with van der Waals surface area (Å²) in [6.45, 7) is 4.52. The lowest BCUT2D eigenvalue weighted by molar-refractivity contribution is -0.390. The third-order valence-corrected chi connectivity index (χ3v) is 3.01. The highest BCUT2D eigenvalue weighted by Gasteiger charge is 2.18. The van der Waals surface area contributed by atoms with E-state index in [0.717, 1.165) is 18.6 Å². The summed E-state index contributed by atoms with van der Waals surface area (Å²) in [5.41, 5.74) is 0.611. The van der Waals surface area contributed by atoms with Gasteiger partial charge in [-0.1, -0.05) is 13.3 Å². The van der Waals surface area contributed by atoms with Crippen LogP contribution in [0.4, 0.5) is 5.82 Å². The first-order chi connectivity index (χ1) is 7.58. The van der Waals surface area contributed by atoms with Crippen LogP contribution in [0.15, 0.2) is 6.20 Å². The van der Waals surface area contributed by atoms with Crippen molar-refractivity contribution in [2.24, 2.45) is 5.92 Å². The molecule has 0 bridgehead atoms. The molecule has 16 heavy (non-hydrogen) atoms. The fraction of sp³-hybridized carbons (Fsp3) is 0.700. The van der Waals surface area contributed by atoms with E-state index in [1.54, 1.807) is 17.8 Å². The van der Waals surface area contributed by atoms with Gasteiger partial charge >= 0.3 is 5.82 Å². The van der Waals surface area contributed by atoms with Gasteiger partial charge in [-0.15, -0.1) is 0 Å². The molecule has 0 amide bonds. The molecule has 1 aromatic rings. The summed E-state index contributed by atoms with van der Waals surface area (Å²) in [5, 5.41) is 14.6. The van der Waals surface area contributed by atoms with Crippen LogP contribution < -0.4 is 0 Å². The maximum absolute atomic E-state index is 10.6. The second-order valence-corrected chi connectivity index (χ2v) is 4.32. The maximum Gasteiger partial charge on any atom is 0.392 e. The van der Waals surface area contributed by atoms with E-state index in [4.69, 9.17) is 0 Å². The zero-order valence-corrected chi connectivity index (χ0v) is 10.5. The molecule has 0 aliphatic heterocycles. The summed E-state index contributed by atoms with van der Waals surface area (Å²) in [7, 11) is 0. The zero-order valence-electron chi connectivity index (χ0n) is 9.59. The van der Waals surface area contributed by atoms with Crippen LogP contribution in [-0.4, -0.2) is 20.5 Å². The van der Waals surface area contributed by atoms with Crippen molar-refractivity contribution in [3.05, 3.63) is 21.9 Å². The van der Waals surface area contributed by atoms with Gasteiger partial charge in [0.2, 0.25) is 0 Å². The SMILES string of the molecule is CCCC(CS)Cn1cc(C)c([N+](=O)[O-])n1. The second kappa shape index (κ2) is 5.89. The highest BCUT2D eigenvalue weighted by Crippen LogP contribution is 2.17. The number of rotatable bonds is 6. The Morgan fingerprint density at radius 1 is 1.69 bits per heavy atom. The van der Waals surface area contributed by atoms with Crippen molar-refractivity contribution in [2.45, 2.75) is 33.2 Å². The Hall–Kier alpha value is -1.04. The Balaban J connectivity index is 2.73. The monoisotopic (exact) mass is 243 g/mol. The molecular weight excluding hydrogens is 226 g/mol. The van der Waals surface area contributed by atoms with E-state index >= 15 is 0 Å².